The molecule has 5 N–H and O–H groups in total. The van der Waals surface area contributed by atoms with Crippen molar-refractivity contribution in [2.24, 2.45) is 0 Å². The van der Waals surface area contributed by atoms with Crippen LogP contribution in [0.4, 0.5) is 26.7 Å². The Labute approximate surface area is 212 Å². The lowest BCUT2D eigenvalue weighted by Gasteiger charge is -2.21. The first-order valence-corrected chi connectivity index (χ1v) is 11.8. The highest BCUT2D eigenvalue weighted by molar-refractivity contribution is 7.79. The normalized spacial score (nSPS) is 17.5. The molecule has 2 atom stereocenters. The first-order valence-electron chi connectivity index (χ1n) is 10.7. The average Bonchev–Trinajstić information content (AvgIpc) is 3.39. The molecule has 2 aromatic carbocycles. The molecule has 2 aliphatic heterocycles. The summed E-state index contributed by atoms with van der Waals surface area (Å²) in [5.74, 6) is -1.10. The number of hydrazine groups is 1. The fourth-order valence-corrected chi connectivity index (χ4v) is 3.73. The number of hydrogen-bond donors (Lipinski definition) is 5. The Bertz CT molecular complexity index is 1170. The van der Waals surface area contributed by atoms with Gasteiger partial charge in [0, 0.05) is 13.5 Å². The average molecular weight is 553 g/mol. The van der Waals surface area contributed by atoms with Crippen LogP contribution in [-0.2, 0) is 22.4 Å². The molecule has 0 saturated carbocycles. The number of benzene rings is 2. The van der Waals surface area contributed by atoms with Gasteiger partial charge in [-0.3, -0.25) is 14.9 Å². The summed E-state index contributed by atoms with van der Waals surface area (Å²) in [6.45, 7) is 0.781. The van der Waals surface area contributed by atoms with Crippen LogP contribution >= 0.6 is 0 Å². The summed E-state index contributed by atoms with van der Waals surface area (Å²) < 4.78 is 82.7. The van der Waals surface area contributed by atoms with E-state index in [1.54, 1.807) is 0 Å². The van der Waals surface area contributed by atoms with Crippen molar-refractivity contribution in [2.75, 3.05) is 6.54 Å². The van der Waals surface area contributed by atoms with Crippen LogP contribution in [-0.4, -0.2) is 33.4 Å². The smallest absolute Gasteiger partial charge is 0.351 e. The number of carbonyl (C=O) groups is 1. The van der Waals surface area contributed by atoms with Crippen LogP contribution in [0.3, 0.4) is 0 Å². The molecule has 0 aliphatic carbocycles. The van der Waals surface area contributed by atoms with Crippen molar-refractivity contribution in [1.29, 1.82) is 0 Å². The van der Waals surface area contributed by atoms with Crippen LogP contribution in [0.15, 0.2) is 65.2 Å². The van der Waals surface area contributed by atoms with Crippen molar-refractivity contribution in [1.82, 2.24) is 21.5 Å². The van der Waals surface area contributed by atoms with Crippen LogP contribution in [0, 0.1) is 11.6 Å². The van der Waals surface area contributed by atoms with Gasteiger partial charge in [-0.05, 0) is 79.6 Å². The second-order valence-electron chi connectivity index (χ2n) is 7.78. The van der Waals surface area contributed by atoms with Crippen molar-refractivity contribution >= 4 is 22.7 Å². The minimum Gasteiger partial charge on any atom is -0.351 e. The number of alkyl halides is 3. The fourth-order valence-electron chi connectivity index (χ4n) is 3.36. The van der Waals surface area contributed by atoms with E-state index in [-0.39, 0.29) is 35.1 Å². The highest BCUT2D eigenvalue weighted by Crippen LogP contribution is 2.26. The highest BCUT2D eigenvalue weighted by Gasteiger charge is 2.34. The van der Waals surface area contributed by atoms with E-state index in [1.807, 2.05) is 0 Å². The molecule has 1 fully saturated rings. The summed E-state index contributed by atoms with van der Waals surface area (Å²) in [4.78, 5) is 12.2. The second-order valence-corrected chi connectivity index (χ2v) is 8.75. The lowest BCUT2D eigenvalue weighted by molar-refractivity contribution is -0.122. The summed E-state index contributed by atoms with van der Waals surface area (Å²) >= 11 is -2.00. The lowest BCUT2D eigenvalue weighted by atomic mass is 10.1. The molecule has 2 aromatic rings. The molecule has 37 heavy (non-hydrogen) atoms. The van der Waals surface area contributed by atoms with E-state index in [4.69, 9.17) is 4.55 Å². The minimum absolute atomic E-state index is 0. The summed E-state index contributed by atoms with van der Waals surface area (Å²) in [5, 5.41) is 5.74. The molecule has 1 saturated heterocycles. The van der Waals surface area contributed by atoms with Crippen molar-refractivity contribution < 1.29 is 41.6 Å². The second kappa shape index (κ2) is 13.3. The van der Waals surface area contributed by atoms with Gasteiger partial charge in [0.25, 0.3) is 0 Å². The molecule has 4 rings (SSSR count). The van der Waals surface area contributed by atoms with Crippen LogP contribution in [0.5, 0.6) is 0 Å². The Balaban J connectivity index is 0.000000511. The first-order chi connectivity index (χ1) is 17.0. The van der Waals surface area contributed by atoms with E-state index < -0.39 is 34.6 Å². The molecular formula is C23H26F6N4O3S. The number of nitrogens with one attached hydrogen (secondary N) is 4. The van der Waals surface area contributed by atoms with Gasteiger partial charge in [0.05, 0.1) is 16.6 Å². The maximum absolute atomic E-state index is 14.0. The zero-order chi connectivity index (χ0) is 26.3. The molecule has 0 radical (unpaired) electrons. The van der Waals surface area contributed by atoms with Crippen LogP contribution in [0.2, 0.25) is 0 Å². The molecule has 0 spiro atoms. The molecule has 1 amide bonds. The van der Waals surface area contributed by atoms with Crippen molar-refractivity contribution in [3.8, 4) is 0 Å². The van der Waals surface area contributed by atoms with Gasteiger partial charge in [-0.1, -0.05) is 0 Å². The van der Waals surface area contributed by atoms with Crippen molar-refractivity contribution in [2.45, 2.75) is 36.5 Å². The van der Waals surface area contributed by atoms with Gasteiger partial charge in [0.2, 0.25) is 5.91 Å². The molecule has 14 heteroatoms. The first kappa shape index (κ1) is 29.9. The highest BCUT2D eigenvalue weighted by atomic mass is 32.2. The van der Waals surface area contributed by atoms with E-state index in [2.05, 4.69) is 21.5 Å². The van der Waals surface area contributed by atoms with E-state index >= 15 is 0 Å². The SMILES string of the molecule is F.O=C(NCc1cc(C2=CC=C(C(F)(F)F)NN2)ccc1F)[C@@H]1CCCN1.O=S(O)c1ccc(F)cc1.[HH]. The van der Waals surface area contributed by atoms with E-state index in [0.29, 0.717) is 11.3 Å². The summed E-state index contributed by atoms with van der Waals surface area (Å²) in [5.41, 5.74) is 4.73. The predicted octanol–water partition coefficient (Wildman–Crippen LogP) is 3.89. The maximum atomic E-state index is 14.0. The molecule has 1 unspecified atom stereocenters. The molecule has 2 heterocycles. The number of amides is 1. The van der Waals surface area contributed by atoms with Gasteiger partial charge in [0.15, 0.2) is 11.1 Å². The quantitative estimate of drug-likeness (QED) is 0.285. The third-order valence-corrected chi connectivity index (χ3v) is 5.93. The van der Waals surface area contributed by atoms with Gasteiger partial charge in [-0.2, -0.15) is 13.2 Å². The summed E-state index contributed by atoms with van der Waals surface area (Å²) in [6.07, 6.45) is -0.659. The Morgan fingerprint density at radius 1 is 1.11 bits per heavy atom. The number of rotatable bonds is 5. The zero-order valence-corrected chi connectivity index (χ0v) is 19.9. The predicted molar refractivity (Wildman–Crippen MR) is 128 cm³/mol. The molecule has 0 aromatic heterocycles. The summed E-state index contributed by atoms with van der Waals surface area (Å²) in [6, 6.07) is 8.72. The van der Waals surface area contributed by atoms with Crippen LogP contribution in [0.1, 0.15) is 25.4 Å². The number of halogens is 6. The van der Waals surface area contributed by atoms with Gasteiger partial charge >= 0.3 is 6.18 Å². The molecule has 2 aliphatic rings. The van der Waals surface area contributed by atoms with Gasteiger partial charge in [-0.25, -0.2) is 13.0 Å². The van der Waals surface area contributed by atoms with Crippen molar-refractivity contribution in [3.05, 3.63) is 83.1 Å². The van der Waals surface area contributed by atoms with E-state index in [0.717, 1.165) is 37.6 Å². The topological polar surface area (TPSA) is 102 Å². The van der Waals surface area contributed by atoms with E-state index in [1.165, 1.54) is 36.4 Å². The van der Waals surface area contributed by atoms with Gasteiger partial charge < -0.3 is 20.6 Å². The van der Waals surface area contributed by atoms with Crippen LogP contribution in [0.25, 0.3) is 5.70 Å². The van der Waals surface area contributed by atoms with Gasteiger partial charge in [0.1, 0.15) is 17.3 Å². The third kappa shape index (κ3) is 8.61. The number of allylic oxidation sites excluding steroid dienone is 3. The lowest BCUT2D eigenvalue weighted by Crippen LogP contribution is -2.40. The molecule has 7 nitrogen and oxygen atoms in total. The molecular weight excluding hydrogens is 526 g/mol. The summed E-state index contributed by atoms with van der Waals surface area (Å²) in [7, 11) is 0. The minimum atomic E-state index is -4.48. The fraction of sp³-hybridized carbons (Fsp3) is 0.261. The number of carbonyl (C=O) groups excluding carboxylic acids is 1. The third-order valence-electron chi connectivity index (χ3n) is 5.26. The Morgan fingerprint density at radius 2 is 1.81 bits per heavy atom. The Kier molecular flexibility index (Phi) is 10.7. The Hall–Kier alpha value is -3.36. The zero-order valence-electron chi connectivity index (χ0n) is 19.1. The maximum Gasteiger partial charge on any atom is 0.432 e. The van der Waals surface area contributed by atoms with E-state index in [9.17, 15) is 31.0 Å². The monoisotopic (exact) mass is 552 g/mol. The molecule has 0 bridgehead atoms. The van der Waals surface area contributed by atoms with Crippen LogP contribution < -0.4 is 21.5 Å². The standard InChI is InChI=1S/C17H18F4N4O.C6H5FO2S.FH.H2/c18-12-4-3-10(13-5-6-15(25-24-13)17(19,20)21)8-11(12)9-23-16(26)14-2-1-7-22-14;7-5-1-3-6(4-2-5)10(8)9;;/h3-6,8,14,22,24-25H,1-2,7,9H2,(H,23,26);1-4H,(H,8,9);2*1H/t14-;;;/m0.../s1. The van der Waals surface area contributed by atoms with Crippen molar-refractivity contribution in [3.63, 3.8) is 0 Å². The Morgan fingerprint density at radius 3 is 2.35 bits per heavy atom. The molecule has 204 valence electrons. The largest absolute Gasteiger partial charge is 0.432 e. The van der Waals surface area contributed by atoms with Gasteiger partial charge in [-0.15, -0.1) is 0 Å². The number of hydrogen-bond acceptors (Lipinski definition) is 5.